The highest BCUT2D eigenvalue weighted by molar-refractivity contribution is 6.35. The molecule has 158 valence electrons. The summed E-state index contributed by atoms with van der Waals surface area (Å²) >= 11 is 12.1. The summed E-state index contributed by atoms with van der Waals surface area (Å²) in [6.07, 6.45) is -0.283. The molecule has 2 aromatic rings. The highest BCUT2D eigenvalue weighted by atomic mass is 35.5. The van der Waals surface area contributed by atoms with Crippen molar-refractivity contribution < 1.29 is 19.1 Å². The van der Waals surface area contributed by atoms with Gasteiger partial charge in [0.2, 0.25) is 0 Å². The Hall–Kier alpha value is -2.70. The number of urea groups is 1. The molecule has 3 rings (SSSR count). The van der Waals surface area contributed by atoms with Crippen LogP contribution >= 0.6 is 23.2 Å². The number of rotatable bonds is 6. The van der Waals surface area contributed by atoms with Gasteiger partial charge in [0.25, 0.3) is 0 Å². The van der Waals surface area contributed by atoms with Crippen LogP contribution in [0.25, 0.3) is 0 Å². The average molecular weight is 449 g/mol. The number of nitrogens with one attached hydrogen (secondary N) is 2. The predicted molar refractivity (Wildman–Crippen MR) is 116 cm³/mol. The minimum absolute atomic E-state index is 0.245. The zero-order chi connectivity index (χ0) is 21.8. The van der Waals surface area contributed by atoms with Crippen molar-refractivity contribution in [3.63, 3.8) is 0 Å². The fraction of sp³-hybridized carbons (Fsp3) is 0.273. The van der Waals surface area contributed by atoms with E-state index in [-0.39, 0.29) is 12.7 Å². The van der Waals surface area contributed by atoms with Crippen LogP contribution in [0.5, 0.6) is 5.75 Å². The SMILES string of the molecule is CC1=C(C(=O)OC(C)C)C(c2cccc(OCc3ccc(Cl)cc3Cl)c2)NC(=O)N1. The minimum atomic E-state index is -0.660. The number of hydrogen-bond acceptors (Lipinski definition) is 4. The molecule has 1 aliphatic rings. The van der Waals surface area contributed by atoms with Crippen molar-refractivity contribution in [2.24, 2.45) is 0 Å². The third-order valence-electron chi connectivity index (χ3n) is 4.43. The van der Waals surface area contributed by atoms with Crippen LogP contribution in [-0.4, -0.2) is 18.1 Å². The second-order valence-corrected chi connectivity index (χ2v) is 7.96. The average Bonchev–Trinajstić information content (AvgIpc) is 2.66. The van der Waals surface area contributed by atoms with E-state index in [0.717, 1.165) is 5.56 Å². The first-order chi connectivity index (χ1) is 14.2. The van der Waals surface area contributed by atoms with Crippen LogP contribution < -0.4 is 15.4 Å². The summed E-state index contributed by atoms with van der Waals surface area (Å²) in [4.78, 5) is 24.7. The van der Waals surface area contributed by atoms with Crippen molar-refractivity contribution in [1.82, 2.24) is 10.6 Å². The van der Waals surface area contributed by atoms with Gasteiger partial charge in [0.1, 0.15) is 12.4 Å². The van der Waals surface area contributed by atoms with E-state index in [2.05, 4.69) is 10.6 Å². The molecule has 2 aromatic carbocycles. The maximum Gasteiger partial charge on any atom is 0.338 e. The van der Waals surface area contributed by atoms with Gasteiger partial charge in [0, 0.05) is 21.3 Å². The number of carbonyl (C=O) groups excluding carboxylic acids is 2. The van der Waals surface area contributed by atoms with E-state index >= 15 is 0 Å². The van der Waals surface area contributed by atoms with E-state index in [0.29, 0.717) is 32.6 Å². The van der Waals surface area contributed by atoms with Crippen LogP contribution in [0.3, 0.4) is 0 Å². The number of benzene rings is 2. The Morgan fingerprint density at radius 3 is 2.63 bits per heavy atom. The second-order valence-electron chi connectivity index (χ2n) is 7.12. The Kier molecular flexibility index (Phi) is 6.90. The third-order valence-corrected chi connectivity index (χ3v) is 5.02. The molecule has 6 nitrogen and oxygen atoms in total. The summed E-state index contributed by atoms with van der Waals surface area (Å²) < 4.78 is 11.2. The van der Waals surface area contributed by atoms with Crippen molar-refractivity contribution in [3.8, 4) is 5.75 Å². The summed E-state index contributed by atoms with van der Waals surface area (Å²) in [5.41, 5.74) is 2.29. The third kappa shape index (κ3) is 5.26. The van der Waals surface area contributed by atoms with Gasteiger partial charge < -0.3 is 20.1 Å². The Morgan fingerprint density at radius 1 is 1.17 bits per heavy atom. The van der Waals surface area contributed by atoms with Crippen molar-refractivity contribution in [2.45, 2.75) is 39.5 Å². The number of esters is 1. The van der Waals surface area contributed by atoms with Gasteiger partial charge >= 0.3 is 12.0 Å². The number of halogens is 2. The molecular weight excluding hydrogens is 427 g/mol. The molecule has 0 aliphatic carbocycles. The summed E-state index contributed by atoms with van der Waals surface area (Å²) in [7, 11) is 0. The van der Waals surface area contributed by atoms with Crippen molar-refractivity contribution in [1.29, 1.82) is 0 Å². The van der Waals surface area contributed by atoms with Gasteiger partial charge in [-0.15, -0.1) is 0 Å². The monoisotopic (exact) mass is 448 g/mol. The Morgan fingerprint density at radius 2 is 1.93 bits per heavy atom. The normalized spacial score (nSPS) is 16.2. The largest absolute Gasteiger partial charge is 0.489 e. The van der Waals surface area contributed by atoms with Crippen LogP contribution in [0.1, 0.15) is 37.9 Å². The van der Waals surface area contributed by atoms with E-state index < -0.39 is 18.0 Å². The molecule has 1 heterocycles. The van der Waals surface area contributed by atoms with Gasteiger partial charge in [0.15, 0.2) is 0 Å². The van der Waals surface area contributed by atoms with Crippen molar-refractivity contribution in [2.75, 3.05) is 0 Å². The molecule has 0 bridgehead atoms. The summed E-state index contributed by atoms with van der Waals surface area (Å²) in [5.74, 6) is 0.0831. The number of carbonyl (C=O) groups is 2. The summed E-state index contributed by atoms with van der Waals surface area (Å²) in [6.45, 7) is 5.46. The lowest BCUT2D eigenvalue weighted by atomic mass is 9.95. The number of allylic oxidation sites excluding steroid dienone is 1. The van der Waals surface area contributed by atoms with Gasteiger partial charge in [0.05, 0.1) is 17.7 Å². The molecule has 2 N–H and O–H groups in total. The standard InChI is InChI=1S/C22H22Cl2N2O4/c1-12(2)30-21(27)19-13(3)25-22(28)26-20(19)14-5-4-6-17(9-14)29-11-15-7-8-16(23)10-18(15)24/h4-10,12,20H,11H2,1-3H3,(H2,25,26,28). The molecule has 1 atom stereocenters. The molecule has 0 radical (unpaired) electrons. The predicted octanol–water partition coefficient (Wildman–Crippen LogP) is 5.15. The molecule has 0 saturated carbocycles. The van der Waals surface area contributed by atoms with Gasteiger partial charge in [-0.2, -0.15) is 0 Å². The minimum Gasteiger partial charge on any atom is -0.489 e. The molecule has 0 aromatic heterocycles. The van der Waals surface area contributed by atoms with Crippen molar-refractivity contribution >= 4 is 35.2 Å². The first-order valence-corrected chi connectivity index (χ1v) is 10.2. The number of amides is 2. The van der Waals surface area contributed by atoms with Crippen LogP contribution in [0.2, 0.25) is 10.0 Å². The Bertz CT molecular complexity index is 1000. The molecular formula is C22H22Cl2N2O4. The first-order valence-electron chi connectivity index (χ1n) is 9.40. The van der Waals surface area contributed by atoms with Crippen LogP contribution in [0.15, 0.2) is 53.7 Å². The van der Waals surface area contributed by atoms with Crippen molar-refractivity contribution in [3.05, 3.63) is 74.9 Å². The second kappa shape index (κ2) is 9.41. The molecule has 30 heavy (non-hydrogen) atoms. The van der Waals surface area contributed by atoms with Gasteiger partial charge in [-0.3, -0.25) is 0 Å². The first kappa shape index (κ1) is 22.0. The maximum atomic E-state index is 12.6. The Balaban J connectivity index is 1.84. The van der Waals surface area contributed by atoms with Gasteiger partial charge in [-0.1, -0.05) is 41.4 Å². The molecule has 1 unspecified atom stereocenters. The molecule has 0 fully saturated rings. The topological polar surface area (TPSA) is 76.7 Å². The Labute approximate surface area is 185 Å². The lowest BCUT2D eigenvalue weighted by molar-refractivity contribution is -0.143. The molecule has 1 aliphatic heterocycles. The van der Waals surface area contributed by atoms with E-state index in [1.165, 1.54) is 0 Å². The van der Waals surface area contributed by atoms with Gasteiger partial charge in [-0.25, -0.2) is 9.59 Å². The fourth-order valence-corrected chi connectivity index (χ4v) is 3.54. The highest BCUT2D eigenvalue weighted by Gasteiger charge is 2.32. The molecule has 2 amide bonds. The number of ether oxygens (including phenoxy) is 2. The number of hydrogen-bond donors (Lipinski definition) is 2. The van der Waals surface area contributed by atoms with E-state index in [1.807, 2.05) is 6.07 Å². The summed E-state index contributed by atoms with van der Waals surface area (Å²) in [5, 5.41) is 6.48. The smallest absolute Gasteiger partial charge is 0.338 e. The maximum absolute atomic E-state index is 12.6. The van der Waals surface area contributed by atoms with E-state index in [1.54, 1.807) is 57.2 Å². The van der Waals surface area contributed by atoms with E-state index in [4.69, 9.17) is 32.7 Å². The van der Waals surface area contributed by atoms with Crippen LogP contribution in [0.4, 0.5) is 4.79 Å². The zero-order valence-electron chi connectivity index (χ0n) is 16.8. The van der Waals surface area contributed by atoms with Crippen LogP contribution in [0, 0.1) is 0 Å². The summed E-state index contributed by atoms with van der Waals surface area (Å²) in [6, 6.07) is 11.3. The highest BCUT2D eigenvalue weighted by Crippen LogP contribution is 2.30. The lowest BCUT2D eigenvalue weighted by Gasteiger charge is -2.28. The molecule has 0 saturated heterocycles. The fourth-order valence-electron chi connectivity index (χ4n) is 3.08. The molecule has 0 spiro atoms. The van der Waals surface area contributed by atoms with E-state index in [9.17, 15) is 9.59 Å². The quantitative estimate of drug-likeness (QED) is 0.598. The molecule has 8 heteroatoms. The zero-order valence-corrected chi connectivity index (χ0v) is 18.3. The lowest BCUT2D eigenvalue weighted by Crippen LogP contribution is -2.45. The van der Waals surface area contributed by atoms with Crippen LogP contribution in [-0.2, 0) is 16.1 Å². The van der Waals surface area contributed by atoms with Gasteiger partial charge in [-0.05, 0) is 50.6 Å².